The van der Waals surface area contributed by atoms with Gasteiger partial charge in [0, 0.05) is 18.7 Å². The molecule has 2 unspecified atom stereocenters. The highest BCUT2D eigenvalue weighted by Crippen LogP contribution is 2.32. The molecule has 7 heteroatoms. The van der Waals surface area contributed by atoms with Crippen LogP contribution in [0.3, 0.4) is 0 Å². The maximum absolute atomic E-state index is 12.4. The summed E-state index contributed by atoms with van der Waals surface area (Å²) in [7, 11) is 0. The Balaban J connectivity index is 2.03. The number of esters is 2. The fourth-order valence-corrected chi connectivity index (χ4v) is 3.63. The minimum atomic E-state index is -1.95. The average Bonchev–Trinajstić information content (AvgIpc) is 3.20. The van der Waals surface area contributed by atoms with Crippen molar-refractivity contribution in [1.29, 1.82) is 0 Å². The van der Waals surface area contributed by atoms with Crippen LogP contribution in [0.5, 0.6) is 0 Å². The van der Waals surface area contributed by atoms with Crippen LogP contribution in [0.1, 0.15) is 41.0 Å². The number of rotatable bonds is 7. The van der Waals surface area contributed by atoms with Crippen molar-refractivity contribution >= 4 is 11.9 Å². The zero-order valence-electron chi connectivity index (χ0n) is 16.8. The Kier molecular flexibility index (Phi) is 6.83. The average molecular weight is 381 g/mol. The lowest BCUT2D eigenvalue weighted by atomic mass is 9.85. The molecule has 1 fully saturated rings. The number of ether oxygens (including phenoxy) is 2. The van der Waals surface area contributed by atoms with Crippen LogP contribution in [0.2, 0.25) is 0 Å². The van der Waals surface area contributed by atoms with Crippen molar-refractivity contribution in [3.8, 4) is 0 Å². The molecule has 0 aromatic carbocycles. The van der Waals surface area contributed by atoms with Crippen molar-refractivity contribution in [3.63, 3.8) is 0 Å². The lowest BCUT2D eigenvalue weighted by Gasteiger charge is -2.32. The topological polar surface area (TPSA) is 96.3 Å². The van der Waals surface area contributed by atoms with Gasteiger partial charge in [-0.3, -0.25) is 4.90 Å². The van der Waals surface area contributed by atoms with E-state index in [4.69, 9.17) is 9.47 Å². The van der Waals surface area contributed by atoms with Crippen molar-refractivity contribution in [2.24, 2.45) is 5.92 Å². The summed E-state index contributed by atoms with van der Waals surface area (Å²) in [5, 5.41) is 20.4. The van der Waals surface area contributed by atoms with Crippen LogP contribution in [0.4, 0.5) is 0 Å². The molecular weight excluding hydrogens is 350 g/mol. The standard InChI is InChI=1S/C20H31NO6/c1-6-13(4)18(23)27-16-8-10-21-9-7-15(17(16)21)11-26-19(24)20(25,12(2)3)14(5)22/h6-7,12,14,16-17,22,25H,8-11H2,1-5H3/b13-6+/t14?,16-,17-,20?/m1/s1. The molecule has 0 aromatic heterocycles. The van der Waals surface area contributed by atoms with Crippen LogP contribution in [0.25, 0.3) is 0 Å². The summed E-state index contributed by atoms with van der Waals surface area (Å²) in [6.45, 7) is 9.68. The Bertz CT molecular complexity index is 628. The molecular formula is C20H31NO6. The number of aliphatic hydroxyl groups is 2. The second kappa shape index (κ2) is 8.54. The van der Waals surface area contributed by atoms with E-state index in [1.807, 2.05) is 6.08 Å². The lowest BCUT2D eigenvalue weighted by Crippen LogP contribution is -2.53. The smallest absolute Gasteiger partial charge is 0.341 e. The first-order valence-electron chi connectivity index (χ1n) is 9.47. The van der Waals surface area contributed by atoms with E-state index >= 15 is 0 Å². The second-order valence-electron chi connectivity index (χ2n) is 7.66. The molecule has 0 aliphatic carbocycles. The van der Waals surface area contributed by atoms with Gasteiger partial charge in [0.15, 0.2) is 5.60 Å². The van der Waals surface area contributed by atoms with Crippen LogP contribution in [-0.4, -0.2) is 70.6 Å². The highest BCUT2D eigenvalue weighted by molar-refractivity contribution is 5.87. The molecule has 0 aromatic rings. The van der Waals surface area contributed by atoms with Gasteiger partial charge >= 0.3 is 11.9 Å². The van der Waals surface area contributed by atoms with Gasteiger partial charge in [-0.15, -0.1) is 0 Å². The van der Waals surface area contributed by atoms with Gasteiger partial charge in [-0.2, -0.15) is 0 Å². The van der Waals surface area contributed by atoms with Crippen LogP contribution < -0.4 is 0 Å². The van der Waals surface area contributed by atoms with E-state index in [1.54, 1.807) is 33.8 Å². The van der Waals surface area contributed by atoms with E-state index in [0.717, 1.165) is 18.5 Å². The molecule has 1 saturated heterocycles. The summed E-state index contributed by atoms with van der Waals surface area (Å²) in [6.07, 6.45) is 2.87. The van der Waals surface area contributed by atoms with E-state index in [1.165, 1.54) is 6.92 Å². The minimum absolute atomic E-state index is 0.00159. The molecule has 7 nitrogen and oxygen atoms in total. The Morgan fingerprint density at radius 1 is 1.41 bits per heavy atom. The van der Waals surface area contributed by atoms with Gasteiger partial charge in [-0.05, 0) is 38.7 Å². The molecule has 0 bridgehead atoms. The SMILES string of the molecule is C/C=C(\C)C(=O)O[C@@H]1CCN2CC=C(COC(=O)C(O)(C(C)C)C(C)O)[C@H]12. The summed E-state index contributed by atoms with van der Waals surface area (Å²) in [6, 6.07) is -0.120. The van der Waals surface area contributed by atoms with E-state index in [-0.39, 0.29) is 24.7 Å². The number of carbonyl (C=O) groups is 2. The predicted octanol–water partition coefficient (Wildman–Crippen LogP) is 1.19. The molecule has 2 heterocycles. The van der Waals surface area contributed by atoms with Crippen molar-refractivity contribution < 1.29 is 29.3 Å². The molecule has 152 valence electrons. The molecule has 2 aliphatic heterocycles. The second-order valence-corrected chi connectivity index (χ2v) is 7.66. The fraction of sp³-hybridized carbons (Fsp3) is 0.700. The van der Waals surface area contributed by atoms with Crippen LogP contribution in [-0.2, 0) is 19.1 Å². The van der Waals surface area contributed by atoms with E-state index in [0.29, 0.717) is 12.1 Å². The van der Waals surface area contributed by atoms with Crippen LogP contribution in [0.15, 0.2) is 23.3 Å². The Morgan fingerprint density at radius 2 is 2.07 bits per heavy atom. The fourth-order valence-electron chi connectivity index (χ4n) is 3.63. The maximum Gasteiger partial charge on any atom is 0.341 e. The third-order valence-electron chi connectivity index (χ3n) is 5.64. The zero-order chi connectivity index (χ0) is 20.4. The molecule has 0 saturated carbocycles. The van der Waals surface area contributed by atoms with Gasteiger partial charge in [0.25, 0.3) is 0 Å². The van der Waals surface area contributed by atoms with Gasteiger partial charge in [0.05, 0.1) is 12.1 Å². The molecule has 0 amide bonds. The molecule has 2 N–H and O–H groups in total. The van der Waals surface area contributed by atoms with Gasteiger partial charge in [-0.1, -0.05) is 26.0 Å². The van der Waals surface area contributed by atoms with Crippen LogP contribution in [0, 0.1) is 5.92 Å². The predicted molar refractivity (Wildman–Crippen MR) is 99.8 cm³/mol. The Labute approximate surface area is 160 Å². The number of allylic oxidation sites excluding steroid dienone is 1. The number of hydrogen-bond acceptors (Lipinski definition) is 7. The van der Waals surface area contributed by atoms with Gasteiger partial charge < -0.3 is 19.7 Å². The molecule has 0 radical (unpaired) electrons. The van der Waals surface area contributed by atoms with Gasteiger partial charge in [0.1, 0.15) is 12.7 Å². The first-order valence-corrected chi connectivity index (χ1v) is 9.47. The first kappa shape index (κ1) is 21.6. The number of carbonyl (C=O) groups excluding carboxylic acids is 2. The Morgan fingerprint density at radius 3 is 2.63 bits per heavy atom. The molecule has 2 rings (SSSR count). The normalized spacial score (nSPS) is 26.4. The molecule has 2 aliphatic rings. The summed E-state index contributed by atoms with van der Waals surface area (Å²) in [5.74, 6) is -1.68. The number of nitrogens with zero attached hydrogens (tertiary/aromatic N) is 1. The van der Waals surface area contributed by atoms with E-state index < -0.39 is 23.6 Å². The van der Waals surface area contributed by atoms with E-state index in [9.17, 15) is 19.8 Å². The molecule has 27 heavy (non-hydrogen) atoms. The zero-order valence-corrected chi connectivity index (χ0v) is 16.8. The lowest BCUT2D eigenvalue weighted by molar-refractivity contribution is -0.183. The number of fused-ring (bicyclic) bond motifs is 1. The number of hydrogen-bond donors (Lipinski definition) is 2. The van der Waals surface area contributed by atoms with Crippen molar-refractivity contribution in [2.45, 2.75) is 64.9 Å². The highest BCUT2D eigenvalue weighted by Gasteiger charge is 2.47. The third-order valence-corrected chi connectivity index (χ3v) is 5.64. The van der Waals surface area contributed by atoms with E-state index in [2.05, 4.69) is 4.90 Å². The summed E-state index contributed by atoms with van der Waals surface area (Å²) in [4.78, 5) is 26.7. The first-order chi connectivity index (χ1) is 12.6. The van der Waals surface area contributed by atoms with Crippen molar-refractivity contribution in [1.82, 2.24) is 4.90 Å². The van der Waals surface area contributed by atoms with Gasteiger partial charge in [-0.25, -0.2) is 9.59 Å². The Hall–Kier alpha value is -1.70. The highest BCUT2D eigenvalue weighted by atomic mass is 16.6. The quantitative estimate of drug-likeness (QED) is 0.388. The number of aliphatic hydroxyl groups excluding tert-OH is 1. The van der Waals surface area contributed by atoms with Crippen LogP contribution >= 0.6 is 0 Å². The third kappa shape index (κ3) is 4.25. The summed E-state index contributed by atoms with van der Waals surface area (Å²) < 4.78 is 11.0. The molecule has 0 spiro atoms. The summed E-state index contributed by atoms with van der Waals surface area (Å²) in [5.41, 5.74) is -0.542. The maximum atomic E-state index is 12.4. The minimum Gasteiger partial charge on any atom is -0.459 e. The van der Waals surface area contributed by atoms with Crippen molar-refractivity contribution in [2.75, 3.05) is 19.7 Å². The monoisotopic (exact) mass is 381 g/mol. The van der Waals surface area contributed by atoms with Gasteiger partial charge in [0.2, 0.25) is 0 Å². The largest absolute Gasteiger partial charge is 0.459 e. The van der Waals surface area contributed by atoms with Crippen molar-refractivity contribution in [3.05, 3.63) is 23.3 Å². The molecule has 4 atom stereocenters. The summed E-state index contributed by atoms with van der Waals surface area (Å²) >= 11 is 0.